The first-order chi connectivity index (χ1) is 10.3. The van der Waals surface area contributed by atoms with Crippen molar-refractivity contribution in [2.75, 3.05) is 7.11 Å². The fourth-order valence-corrected chi connectivity index (χ4v) is 2.97. The van der Waals surface area contributed by atoms with E-state index in [-0.39, 0.29) is 21.9 Å². The molecule has 2 aromatic rings. The van der Waals surface area contributed by atoms with Crippen molar-refractivity contribution in [1.29, 1.82) is 0 Å². The summed E-state index contributed by atoms with van der Waals surface area (Å²) in [7, 11) is -2.58. The number of nitrogens with zero attached hydrogens (tertiary/aromatic N) is 1. The van der Waals surface area contributed by atoms with Gasteiger partial charge in [-0.3, -0.25) is 10.1 Å². The van der Waals surface area contributed by atoms with Gasteiger partial charge in [0.05, 0.1) is 12.0 Å². The predicted molar refractivity (Wildman–Crippen MR) is 78.6 cm³/mol. The summed E-state index contributed by atoms with van der Waals surface area (Å²) in [6, 6.07) is 9.50. The van der Waals surface area contributed by atoms with Gasteiger partial charge in [0.25, 0.3) is 5.69 Å². The average Bonchev–Trinajstić information content (AvgIpc) is 2.47. The van der Waals surface area contributed by atoms with Crippen molar-refractivity contribution in [3.8, 4) is 11.5 Å². The van der Waals surface area contributed by atoms with Crippen LogP contribution in [0.15, 0.2) is 47.4 Å². The third-order valence-electron chi connectivity index (χ3n) is 2.90. The summed E-state index contributed by atoms with van der Waals surface area (Å²) in [6.45, 7) is 1.47. The number of rotatable bonds is 5. The zero-order chi connectivity index (χ0) is 16.3. The summed E-state index contributed by atoms with van der Waals surface area (Å²) in [5.41, 5.74) is 0.0589. The van der Waals surface area contributed by atoms with Crippen LogP contribution >= 0.6 is 0 Å². The Balaban J connectivity index is 2.31. The van der Waals surface area contributed by atoms with Gasteiger partial charge in [0.15, 0.2) is 0 Å². The summed E-state index contributed by atoms with van der Waals surface area (Å²) in [5, 5.41) is 10.7. The molecule has 0 heterocycles. The van der Waals surface area contributed by atoms with Gasteiger partial charge < -0.3 is 8.92 Å². The fourth-order valence-electron chi connectivity index (χ4n) is 1.83. The van der Waals surface area contributed by atoms with Gasteiger partial charge in [0.2, 0.25) is 0 Å². The van der Waals surface area contributed by atoms with Crippen molar-refractivity contribution in [2.24, 2.45) is 0 Å². The molecule has 0 radical (unpaired) electrons. The molecule has 0 amide bonds. The molecule has 0 atom stereocenters. The fraction of sp³-hybridized carbons (Fsp3) is 0.143. The highest BCUT2D eigenvalue weighted by Crippen LogP contribution is 2.25. The second-order valence-corrected chi connectivity index (χ2v) is 5.93. The number of nitro benzene ring substituents is 1. The van der Waals surface area contributed by atoms with Crippen LogP contribution in [0.5, 0.6) is 11.5 Å². The van der Waals surface area contributed by atoms with Gasteiger partial charge in [0.1, 0.15) is 16.4 Å². The third-order valence-corrected chi connectivity index (χ3v) is 4.31. The molecule has 0 N–H and O–H groups in total. The van der Waals surface area contributed by atoms with Gasteiger partial charge in [-0.2, -0.15) is 8.42 Å². The molecule has 0 aliphatic rings. The zero-order valence-electron chi connectivity index (χ0n) is 11.8. The largest absolute Gasteiger partial charge is 0.497 e. The molecule has 0 unspecified atom stereocenters. The minimum Gasteiger partial charge on any atom is -0.497 e. The maximum Gasteiger partial charge on any atom is 0.339 e. The summed E-state index contributed by atoms with van der Waals surface area (Å²) in [6.07, 6.45) is 0. The van der Waals surface area contributed by atoms with Crippen LogP contribution in [0.3, 0.4) is 0 Å². The van der Waals surface area contributed by atoms with Gasteiger partial charge in [0, 0.05) is 12.1 Å². The summed E-state index contributed by atoms with van der Waals surface area (Å²) in [4.78, 5) is 9.97. The Hall–Kier alpha value is -2.61. The van der Waals surface area contributed by atoms with Crippen LogP contribution in [0.1, 0.15) is 5.56 Å². The van der Waals surface area contributed by atoms with E-state index in [4.69, 9.17) is 8.92 Å². The smallest absolute Gasteiger partial charge is 0.339 e. The lowest BCUT2D eigenvalue weighted by Gasteiger charge is -2.09. The van der Waals surface area contributed by atoms with E-state index in [1.165, 1.54) is 32.2 Å². The van der Waals surface area contributed by atoms with E-state index in [9.17, 15) is 18.5 Å². The van der Waals surface area contributed by atoms with E-state index in [2.05, 4.69) is 0 Å². The van der Waals surface area contributed by atoms with Crippen LogP contribution < -0.4 is 8.92 Å². The molecule has 0 spiro atoms. The lowest BCUT2D eigenvalue weighted by molar-refractivity contribution is -0.385. The first kappa shape index (κ1) is 15.8. The molecule has 0 aliphatic carbocycles. The highest BCUT2D eigenvalue weighted by molar-refractivity contribution is 7.87. The number of benzene rings is 2. The molecule has 0 bridgehead atoms. The van der Waals surface area contributed by atoms with Crippen molar-refractivity contribution in [3.05, 3.63) is 58.1 Å². The maximum atomic E-state index is 12.2. The lowest BCUT2D eigenvalue weighted by atomic mass is 10.2. The molecule has 0 saturated heterocycles. The van der Waals surface area contributed by atoms with Crippen LogP contribution in [0.25, 0.3) is 0 Å². The van der Waals surface area contributed by atoms with E-state index in [1.807, 2.05) is 0 Å². The van der Waals surface area contributed by atoms with Gasteiger partial charge >= 0.3 is 10.1 Å². The number of ether oxygens (including phenoxy) is 1. The van der Waals surface area contributed by atoms with Crippen molar-refractivity contribution in [1.82, 2.24) is 0 Å². The van der Waals surface area contributed by atoms with Gasteiger partial charge in [-0.1, -0.05) is 0 Å². The van der Waals surface area contributed by atoms with Crippen LogP contribution in [-0.2, 0) is 10.1 Å². The number of aryl methyl sites for hydroxylation is 1. The molecule has 2 rings (SSSR count). The number of nitro groups is 1. The average molecular weight is 323 g/mol. The van der Waals surface area contributed by atoms with Gasteiger partial charge in [-0.05, 0) is 42.8 Å². The van der Waals surface area contributed by atoms with Crippen LogP contribution in [-0.4, -0.2) is 20.5 Å². The zero-order valence-corrected chi connectivity index (χ0v) is 12.7. The number of hydrogen-bond acceptors (Lipinski definition) is 6. The Morgan fingerprint density at radius 3 is 2.14 bits per heavy atom. The monoisotopic (exact) mass is 323 g/mol. The van der Waals surface area contributed by atoms with Crippen molar-refractivity contribution >= 4 is 15.8 Å². The van der Waals surface area contributed by atoms with Crippen LogP contribution in [0.2, 0.25) is 0 Å². The first-order valence-corrected chi connectivity index (χ1v) is 7.58. The minimum atomic E-state index is -4.07. The Kier molecular flexibility index (Phi) is 4.32. The second kappa shape index (κ2) is 6.02. The Bertz CT molecular complexity index is 799. The standard InChI is InChI=1S/C14H13NO6S/c1-10-9-11(15(16)17)3-8-14(10)22(18,19)21-13-6-4-12(20-2)5-7-13/h3-9H,1-2H3. The highest BCUT2D eigenvalue weighted by atomic mass is 32.2. The van der Waals surface area contributed by atoms with Gasteiger partial charge in [-0.15, -0.1) is 0 Å². The lowest BCUT2D eigenvalue weighted by Crippen LogP contribution is -2.11. The first-order valence-electron chi connectivity index (χ1n) is 6.17. The molecular weight excluding hydrogens is 310 g/mol. The van der Waals surface area contributed by atoms with E-state index < -0.39 is 15.0 Å². The number of methoxy groups -OCH3 is 1. The van der Waals surface area contributed by atoms with Crippen LogP contribution in [0.4, 0.5) is 5.69 Å². The quantitative estimate of drug-likeness (QED) is 0.477. The van der Waals surface area contributed by atoms with E-state index in [0.29, 0.717) is 5.75 Å². The molecule has 0 saturated carbocycles. The second-order valence-electron chi connectivity index (χ2n) is 4.42. The molecule has 22 heavy (non-hydrogen) atoms. The molecule has 0 aliphatic heterocycles. The third kappa shape index (κ3) is 3.34. The number of non-ortho nitro benzene ring substituents is 1. The summed E-state index contributed by atoms with van der Waals surface area (Å²) < 4.78 is 34.5. The van der Waals surface area contributed by atoms with Crippen molar-refractivity contribution in [3.63, 3.8) is 0 Å². The molecule has 0 fully saturated rings. The molecule has 8 heteroatoms. The molecular formula is C14H13NO6S. The SMILES string of the molecule is COc1ccc(OS(=O)(=O)c2ccc([N+](=O)[O-])cc2C)cc1. The highest BCUT2D eigenvalue weighted by Gasteiger charge is 2.21. The maximum absolute atomic E-state index is 12.2. The van der Waals surface area contributed by atoms with Gasteiger partial charge in [-0.25, -0.2) is 0 Å². The minimum absolute atomic E-state index is 0.117. The normalized spacial score (nSPS) is 11.0. The molecule has 7 nitrogen and oxygen atoms in total. The van der Waals surface area contributed by atoms with Crippen LogP contribution in [0, 0.1) is 17.0 Å². The summed E-state index contributed by atoms with van der Waals surface area (Å²) in [5.74, 6) is 0.690. The van der Waals surface area contributed by atoms with E-state index in [0.717, 1.165) is 12.1 Å². The van der Waals surface area contributed by atoms with E-state index in [1.54, 1.807) is 12.1 Å². The summed E-state index contributed by atoms with van der Waals surface area (Å²) >= 11 is 0. The molecule has 0 aromatic heterocycles. The Morgan fingerprint density at radius 2 is 1.64 bits per heavy atom. The number of hydrogen-bond donors (Lipinski definition) is 0. The van der Waals surface area contributed by atoms with Crippen molar-refractivity contribution < 1.29 is 22.3 Å². The molecule has 2 aromatic carbocycles. The molecule has 116 valence electrons. The van der Waals surface area contributed by atoms with E-state index >= 15 is 0 Å². The topological polar surface area (TPSA) is 95.7 Å². The van der Waals surface area contributed by atoms with Crippen molar-refractivity contribution in [2.45, 2.75) is 11.8 Å². The predicted octanol–water partition coefficient (Wildman–Crippen LogP) is 2.68. The Morgan fingerprint density at radius 1 is 1.05 bits per heavy atom. The Labute approximate surface area is 127 Å².